The van der Waals surface area contributed by atoms with Gasteiger partial charge in [-0.15, -0.1) is 34.2 Å². The Morgan fingerprint density at radius 1 is 1.19 bits per heavy atom. The summed E-state index contributed by atoms with van der Waals surface area (Å²) < 4.78 is 12.7. The van der Waals surface area contributed by atoms with Crippen molar-refractivity contribution in [3.8, 4) is 11.5 Å². The van der Waals surface area contributed by atoms with Gasteiger partial charge in [0.15, 0.2) is 5.96 Å². The Hall–Kier alpha value is -2.04. The maximum Gasteiger partial charge on any atom is 0.191 e. The van der Waals surface area contributed by atoms with Gasteiger partial charge < -0.3 is 24.7 Å². The van der Waals surface area contributed by atoms with Gasteiger partial charge in [0.05, 0.1) is 20.8 Å². The first-order valence-electron chi connectivity index (χ1n) is 8.81. The fraction of sp³-hybridized carbons (Fsp3) is 0.500. The van der Waals surface area contributed by atoms with Crippen LogP contribution >= 0.6 is 24.0 Å². The maximum atomic E-state index is 5.43. The van der Waals surface area contributed by atoms with Gasteiger partial charge in [0.2, 0.25) is 0 Å². The minimum Gasteiger partial charge on any atom is -0.497 e. The summed E-state index contributed by atoms with van der Waals surface area (Å²) in [5.74, 6) is 3.27. The number of nitrogens with zero attached hydrogens (tertiary/aromatic N) is 4. The number of hydrogen-bond acceptors (Lipinski definition) is 5. The fourth-order valence-electron chi connectivity index (χ4n) is 2.52. The third-order valence-corrected chi connectivity index (χ3v) is 3.90. The highest BCUT2D eigenvalue weighted by Crippen LogP contribution is 2.25. The van der Waals surface area contributed by atoms with E-state index in [-0.39, 0.29) is 24.0 Å². The minimum atomic E-state index is 0. The molecule has 0 spiro atoms. The molecule has 0 fully saturated rings. The van der Waals surface area contributed by atoms with Crippen LogP contribution in [0.4, 0.5) is 0 Å². The number of ether oxygens (including phenoxy) is 2. The molecule has 27 heavy (non-hydrogen) atoms. The molecule has 1 heterocycles. The number of rotatable bonds is 9. The van der Waals surface area contributed by atoms with Crippen LogP contribution in [-0.4, -0.2) is 48.0 Å². The predicted octanol–water partition coefficient (Wildman–Crippen LogP) is 2.23. The van der Waals surface area contributed by atoms with Crippen LogP contribution in [0.3, 0.4) is 0 Å². The van der Waals surface area contributed by atoms with E-state index >= 15 is 0 Å². The van der Waals surface area contributed by atoms with Crippen molar-refractivity contribution in [1.29, 1.82) is 0 Å². The van der Waals surface area contributed by atoms with E-state index < -0.39 is 0 Å². The second-order valence-corrected chi connectivity index (χ2v) is 5.59. The third kappa shape index (κ3) is 6.89. The molecule has 9 heteroatoms. The van der Waals surface area contributed by atoms with Crippen molar-refractivity contribution in [2.75, 3.05) is 27.3 Å². The molecule has 1 aromatic carbocycles. The molecular weight excluding hydrogens is 459 g/mol. The molecule has 0 aliphatic heterocycles. The molecule has 1 aromatic heterocycles. The van der Waals surface area contributed by atoms with Crippen LogP contribution in [0.5, 0.6) is 11.5 Å². The van der Waals surface area contributed by atoms with E-state index in [0.717, 1.165) is 54.9 Å². The molecule has 0 aliphatic carbocycles. The average Bonchev–Trinajstić information content (AvgIpc) is 3.13. The van der Waals surface area contributed by atoms with Gasteiger partial charge in [-0.05, 0) is 19.1 Å². The largest absolute Gasteiger partial charge is 0.497 e. The zero-order chi connectivity index (χ0) is 18.8. The van der Waals surface area contributed by atoms with E-state index in [0.29, 0.717) is 6.54 Å². The Balaban J connectivity index is 0.00000364. The van der Waals surface area contributed by atoms with Gasteiger partial charge in [-0.2, -0.15) is 0 Å². The van der Waals surface area contributed by atoms with Crippen molar-refractivity contribution in [1.82, 2.24) is 25.4 Å². The summed E-state index contributed by atoms with van der Waals surface area (Å²) in [6.07, 6.45) is 2.62. The van der Waals surface area contributed by atoms with Crippen LogP contribution < -0.4 is 20.1 Å². The smallest absolute Gasteiger partial charge is 0.191 e. The third-order valence-electron chi connectivity index (χ3n) is 3.90. The van der Waals surface area contributed by atoms with Crippen LogP contribution in [0.15, 0.2) is 29.5 Å². The molecule has 0 radical (unpaired) electrons. The number of methoxy groups -OCH3 is 2. The van der Waals surface area contributed by atoms with Gasteiger partial charge in [-0.3, -0.25) is 0 Å². The molecule has 0 unspecified atom stereocenters. The quantitative estimate of drug-likeness (QED) is 0.320. The number of benzene rings is 1. The molecule has 2 aromatic rings. The van der Waals surface area contributed by atoms with Crippen molar-refractivity contribution < 1.29 is 9.47 Å². The molecule has 0 saturated heterocycles. The zero-order valence-corrected chi connectivity index (χ0v) is 18.7. The number of aromatic nitrogens is 3. The SMILES string of the molecule is CCNC(=NCc1ccc(OC)cc1OC)NCCn1cnnc1CC.I. The molecule has 0 atom stereocenters. The summed E-state index contributed by atoms with van der Waals surface area (Å²) in [6.45, 7) is 6.93. The predicted molar refractivity (Wildman–Crippen MR) is 117 cm³/mol. The minimum absolute atomic E-state index is 0. The molecule has 0 aliphatic rings. The van der Waals surface area contributed by atoms with E-state index in [2.05, 4.69) is 32.7 Å². The lowest BCUT2D eigenvalue weighted by Crippen LogP contribution is -2.38. The van der Waals surface area contributed by atoms with Gasteiger partial charge in [0.25, 0.3) is 0 Å². The number of guanidine groups is 1. The Bertz CT molecular complexity index is 720. The molecule has 0 bridgehead atoms. The lowest BCUT2D eigenvalue weighted by Gasteiger charge is -2.13. The number of hydrogen-bond donors (Lipinski definition) is 2. The van der Waals surface area contributed by atoms with E-state index in [1.165, 1.54) is 0 Å². The van der Waals surface area contributed by atoms with Crippen LogP contribution in [0.25, 0.3) is 0 Å². The summed E-state index contributed by atoms with van der Waals surface area (Å²) in [5, 5.41) is 14.6. The molecule has 8 nitrogen and oxygen atoms in total. The van der Waals surface area contributed by atoms with Crippen LogP contribution in [0.1, 0.15) is 25.2 Å². The number of aryl methyl sites for hydroxylation is 1. The molecule has 0 amide bonds. The first kappa shape index (κ1) is 23.0. The Kier molecular flexibility index (Phi) is 10.5. The second kappa shape index (κ2) is 12.4. The Labute approximate surface area is 177 Å². The lowest BCUT2D eigenvalue weighted by molar-refractivity contribution is 0.391. The first-order chi connectivity index (χ1) is 12.7. The van der Waals surface area contributed by atoms with Gasteiger partial charge in [-0.25, -0.2) is 4.99 Å². The number of nitrogens with one attached hydrogen (secondary N) is 2. The van der Waals surface area contributed by atoms with E-state index in [1.54, 1.807) is 20.5 Å². The Morgan fingerprint density at radius 3 is 2.67 bits per heavy atom. The van der Waals surface area contributed by atoms with Crippen molar-refractivity contribution in [3.05, 3.63) is 35.9 Å². The first-order valence-corrected chi connectivity index (χ1v) is 8.81. The van der Waals surface area contributed by atoms with Crippen LogP contribution in [0, 0.1) is 0 Å². The number of halogens is 1. The molecule has 2 rings (SSSR count). The lowest BCUT2D eigenvalue weighted by atomic mass is 10.2. The number of aliphatic imine (C=N–C) groups is 1. The van der Waals surface area contributed by atoms with E-state index in [4.69, 9.17) is 9.47 Å². The fourth-order valence-corrected chi connectivity index (χ4v) is 2.52. The molecule has 150 valence electrons. The summed E-state index contributed by atoms with van der Waals surface area (Å²) >= 11 is 0. The summed E-state index contributed by atoms with van der Waals surface area (Å²) in [6, 6.07) is 5.74. The average molecular weight is 488 g/mol. The molecule has 0 saturated carbocycles. The van der Waals surface area contributed by atoms with Crippen LogP contribution in [-0.2, 0) is 19.5 Å². The highest BCUT2D eigenvalue weighted by molar-refractivity contribution is 14.0. The van der Waals surface area contributed by atoms with E-state index in [1.807, 2.05) is 29.7 Å². The van der Waals surface area contributed by atoms with Gasteiger partial charge in [0.1, 0.15) is 23.7 Å². The van der Waals surface area contributed by atoms with Crippen molar-refractivity contribution >= 4 is 29.9 Å². The zero-order valence-electron chi connectivity index (χ0n) is 16.4. The normalized spacial score (nSPS) is 10.9. The van der Waals surface area contributed by atoms with E-state index in [9.17, 15) is 0 Å². The van der Waals surface area contributed by atoms with Gasteiger partial charge in [-0.1, -0.05) is 6.92 Å². The highest BCUT2D eigenvalue weighted by atomic mass is 127. The molecular formula is C18H29IN6O2. The Morgan fingerprint density at radius 2 is 2.00 bits per heavy atom. The summed E-state index contributed by atoms with van der Waals surface area (Å²) in [5.41, 5.74) is 0.998. The van der Waals surface area contributed by atoms with Crippen molar-refractivity contribution in [2.45, 2.75) is 33.4 Å². The second-order valence-electron chi connectivity index (χ2n) is 5.59. The van der Waals surface area contributed by atoms with Gasteiger partial charge in [0, 0.05) is 37.7 Å². The monoisotopic (exact) mass is 488 g/mol. The summed E-state index contributed by atoms with van der Waals surface area (Å²) in [7, 11) is 3.29. The highest BCUT2D eigenvalue weighted by Gasteiger charge is 2.06. The summed E-state index contributed by atoms with van der Waals surface area (Å²) in [4.78, 5) is 4.64. The topological polar surface area (TPSA) is 85.6 Å². The standard InChI is InChI=1S/C18H28N6O2.HI/c1-5-17-23-22-13-24(17)10-9-20-18(19-6-2)21-12-14-7-8-15(25-3)11-16(14)26-4;/h7-8,11,13H,5-6,9-10,12H2,1-4H3,(H2,19,20,21);1H. The van der Waals surface area contributed by atoms with Gasteiger partial charge >= 0.3 is 0 Å². The van der Waals surface area contributed by atoms with Crippen LogP contribution in [0.2, 0.25) is 0 Å². The molecule has 2 N–H and O–H groups in total. The van der Waals surface area contributed by atoms with Crippen molar-refractivity contribution in [3.63, 3.8) is 0 Å². The maximum absolute atomic E-state index is 5.43. The van der Waals surface area contributed by atoms with Crippen molar-refractivity contribution in [2.24, 2.45) is 4.99 Å².